The molecular formula is C14H10Cl2N2OS. The Bertz CT molecular complexity index is 854. The monoisotopic (exact) mass is 324 g/mol. The van der Waals surface area contributed by atoms with Gasteiger partial charge in [-0.1, -0.05) is 29.3 Å². The lowest BCUT2D eigenvalue weighted by Gasteiger charge is -2.08. The Hall–Kier alpha value is -1.49. The summed E-state index contributed by atoms with van der Waals surface area (Å²) in [5.41, 5.74) is 2.57. The van der Waals surface area contributed by atoms with Crippen LogP contribution in [0.2, 0.25) is 10.0 Å². The van der Waals surface area contributed by atoms with E-state index in [0.717, 1.165) is 16.7 Å². The molecule has 3 nitrogen and oxygen atoms in total. The number of halogens is 2. The Kier molecular flexibility index (Phi) is 3.46. The summed E-state index contributed by atoms with van der Waals surface area (Å²) < 4.78 is 7.61. The van der Waals surface area contributed by atoms with Crippen LogP contribution in [0, 0.1) is 4.77 Å². The number of benzene rings is 2. The molecule has 3 rings (SSSR count). The molecule has 0 radical (unpaired) electrons. The average molecular weight is 325 g/mol. The largest absolute Gasteiger partial charge is 0.495 e. The van der Waals surface area contributed by atoms with E-state index in [1.54, 1.807) is 7.11 Å². The van der Waals surface area contributed by atoms with E-state index in [-0.39, 0.29) is 0 Å². The van der Waals surface area contributed by atoms with E-state index in [1.807, 2.05) is 41.0 Å². The molecule has 0 unspecified atom stereocenters. The van der Waals surface area contributed by atoms with Gasteiger partial charge in [-0.2, -0.15) is 0 Å². The first-order valence-corrected chi connectivity index (χ1v) is 7.01. The fourth-order valence-corrected chi connectivity index (χ4v) is 2.92. The predicted molar refractivity (Wildman–Crippen MR) is 85.0 cm³/mol. The van der Waals surface area contributed by atoms with Crippen LogP contribution in [0.5, 0.6) is 5.75 Å². The number of para-hydroxylation sites is 1. The summed E-state index contributed by atoms with van der Waals surface area (Å²) in [7, 11) is 1.58. The third-order valence-corrected chi connectivity index (χ3v) is 3.96. The Balaban J connectivity index is 2.30. The van der Waals surface area contributed by atoms with Crippen molar-refractivity contribution in [2.45, 2.75) is 0 Å². The zero-order valence-corrected chi connectivity index (χ0v) is 12.8. The first kappa shape index (κ1) is 13.5. The highest BCUT2D eigenvalue weighted by molar-refractivity contribution is 7.71. The standard InChI is InChI=1S/C14H10Cl2N2OS/c1-19-12-6-5-8(7-10(12)16)18-11-4-2-3-9(15)13(11)17-14(18)20/h2-7H,1H3,(H,17,20). The van der Waals surface area contributed by atoms with Gasteiger partial charge >= 0.3 is 0 Å². The molecule has 20 heavy (non-hydrogen) atoms. The molecule has 0 spiro atoms. The van der Waals surface area contributed by atoms with E-state index in [0.29, 0.717) is 20.6 Å². The van der Waals surface area contributed by atoms with E-state index in [4.69, 9.17) is 40.2 Å². The van der Waals surface area contributed by atoms with Crippen molar-refractivity contribution in [2.24, 2.45) is 0 Å². The summed E-state index contributed by atoms with van der Waals surface area (Å²) in [5.74, 6) is 0.625. The average Bonchev–Trinajstić information content (AvgIpc) is 2.76. The van der Waals surface area contributed by atoms with Gasteiger partial charge in [0.1, 0.15) is 5.75 Å². The number of ether oxygens (including phenoxy) is 1. The van der Waals surface area contributed by atoms with Crippen molar-refractivity contribution < 1.29 is 4.74 Å². The van der Waals surface area contributed by atoms with Gasteiger partial charge in [0, 0.05) is 0 Å². The van der Waals surface area contributed by atoms with E-state index in [1.165, 1.54) is 0 Å². The number of imidazole rings is 1. The second kappa shape index (κ2) is 5.13. The van der Waals surface area contributed by atoms with Crippen LogP contribution in [0.1, 0.15) is 0 Å². The number of aromatic nitrogens is 2. The molecule has 6 heteroatoms. The summed E-state index contributed by atoms with van der Waals surface area (Å²) in [4.78, 5) is 3.11. The van der Waals surface area contributed by atoms with Crippen molar-refractivity contribution in [2.75, 3.05) is 7.11 Å². The van der Waals surface area contributed by atoms with Crippen molar-refractivity contribution in [3.05, 3.63) is 51.2 Å². The fraction of sp³-hybridized carbons (Fsp3) is 0.0714. The maximum atomic E-state index is 6.17. The normalized spacial score (nSPS) is 10.9. The van der Waals surface area contributed by atoms with E-state index < -0.39 is 0 Å². The van der Waals surface area contributed by atoms with Gasteiger partial charge in [-0.15, -0.1) is 0 Å². The topological polar surface area (TPSA) is 29.9 Å². The molecule has 1 N–H and O–H groups in total. The van der Waals surface area contributed by atoms with Gasteiger partial charge in [0.25, 0.3) is 0 Å². The summed E-state index contributed by atoms with van der Waals surface area (Å²) in [6.45, 7) is 0. The van der Waals surface area contributed by atoms with Crippen LogP contribution in [0.4, 0.5) is 0 Å². The number of methoxy groups -OCH3 is 1. The number of hydrogen-bond donors (Lipinski definition) is 1. The summed E-state index contributed by atoms with van der Waals surface area (Å²) in [6, 6.07) is 11.2. The highest BCUT2D eigenvalue weighted by Crippen LogP contribution is 2.30. The molecule has 3 aromatic rings. The predicted octanol–water partition coefficient (Wildman–Crippen LogP) is 5.00. The number of H-pyrrole nitrogens is 1. The maximum Gasteiger partial charge on any atom is 0.182 e. The lowest BCUT2D eigenvalue weighted by atomic mass is 10.2. The van der Waals surface area contributed by atoms with Crippen molar-refractivity contribution in [3.8, 4) is 11.4 Å². The minimum atomic E-state index is 0.531. The lowest BCUT2D eigenvalue weighted by molar-refractivity contribution is 0.415. The summed E-state index contributed by atoms with van der Waals surface area (Å²) >= 11 is 17.7. The van der Waals surface area contributed by atoms with Crippen LogP contribution in [-0.4, -0.2) is 16.7 Å². The van der Waals surface area contributed by atoms with Gasteiger partial charge in [-0.05, 0) is 42.5 Å². The van der Waals surface area contributed by atoms with Crippen LogP contribution in [0.3, 0.4) is 0 Å². The third-order valence-electron chi connectivity index (χ3n) is 3.06. The van der Waals surface area contributed by atoms with Gasteiger partial charge in [-0.3, -0.25) is 4.57 Å². The SMILES string of the molecule is COc1ccc(-n2c(=S)[nH]c3c(Cl)cccc32)cc1Cl. The first-order valence-electron chi connectivity index (χ1n) is 5.85. The minimum absolute atomic E-state index is 0.531. The number of nitrogens with zero attached hydrogens (tertiary/aromatic N) is 1. The van der Waals surface area contributed by atoms with Gasteiger partial charge < -0.3 is 9.72 Å². The molecule has 102 valence electrons. The minimum Gasteiger partial charge on any atom is -0.495 e. The molecular weight excluding hydrogens is 315 g/mol. The van der Waals surface area contributed by atoms with Crippen molar-refractivity contribution in [3.63, 3.8) is 0 Å². The fourth-order valence-electron chi connectivity index (χ4n) is 2.15. The van der Waals surface area contributed by atoms with E-state index >= 15 is 0 Å². The van der Waals surface area contributed by atoms with E-state index in [9.17, 15) is 0 Å². The molecule has 0 aliphatic carbocycles. The summed E-state index contributed by atoms with van der Waals surface area (Å²) in [5, 5.41) is 1.16. The molecule has 0 atom stereocenters. The molecule has 1 heterocycles. The molecule has 0 aliphatic rings. The number of fused-ring (bicyclic) bond motifs is 1. The van der Waals surface area contributed by atoms with Crippen molar-refractivity contribution >= 4 is 46.5 Å². The van der Waals surface area contributed by atoms with Crippen LogP contribution >= 0.6 is 35.4 Å². The zero-order valence-electron chi connectivity index (χ0n) is 10.5. The number of nitrogens with one attached hydrogen (secondary N) is 1. The maximum absolute atomic E-state index is 6.17. The highest BCUT2D eigenvalue weighted by atomic mass is 35.5. The lowest BCUT2D eigenvalue weighted by Crippen LogP contribution is -1.94. The van der Waals surface area contributed by atoms with Crippen LogP contribution < -0.4 is 4.74 Å². The van der Waals surface area contributed by atoms with Crippen LogP contribution in [0.25, 0.3) is 16.7 Å². The second-order valence-corrected chi connectivity index (χ2v) is 5.42. The number of rotatable bonds is 2. The van der Waals surface area contributed by atoms with Crippen LogP contribution in [-0.2, 0) is 0 Å². The van der Waals surface area contributed by atoms with Gasteiger partial charge in [0.15, 0.2) is 4.77 Å². The Morgan fingerprint density at radius 1 is 1.15 bits per heavy atom. The molecule has 1 aromatic heterocycles. The quantitative estimate of drug-likeness (QED) is 0.672. The highest BCUT2D eigenvalue weighted by Gasteiger charge is 2.10. The molecule has 2 aromatic carbocycles. The smallest absolute Gasteiger partial charge is 0.182 e. The van der Waals surface area contributed by atoms with Gasteiger partial charge in [0.2, 0.25) is 0 Å². The Labute approximate surface area is 130 Å². The third kappa shape index (κ3) is 2.10. The van der Waals surface area contributed by atoms with Crippen LogP contribution in [0.15, 0.2) is 36.4 Å². The number of aromatic amines is 1. The number of hydrogen-bond acceptors (Lipinski definition) is 2. The second-order valence-electron chi connectivity index (χ2n) is 4.22. The zero-order chi connectivity index (χ0) is 14.3. The summed E-state index contributed by atoms with van der Waals surface area (Å²) in [6.07, 6.45) is 0. The molecule has 0 saturated heterocycles. The molecule has 0 aliphatic heterocycles. The Morgan fingerprint density at radius 2 is 1.95 bits per heavy atom. The molecule has 0 saturated carbocycles. The molecule has 0 fully saturated rings. The van der Waals surface area contributed by atoms with Crippen molar-refractivity contribution in [1.29, 1.82) is 0 Å². The first-order chi connectivity index (χ1) is 9.61. The molecule has 0 bridgehead atoms. The van der Waals surface area contributed by atoms with Crippen molar-refractivity contribution in [1.82, 2.24) is 9.55 Å². The van der Waals surface area contributed by atoms with E-state index in [2.05, 4.69) is 4.98 Å². The Morgan fingerprint density at radius 3 is 2.65 bits per heavy atom. The molecule has 0 amide bonds. The van der Waals surface area contributed by atoms with Gasteiger partial charge in [0.05, 0.1) is 33.9 Å². The van der Waals surface area contributed by atoms with Gasteiger partial charge in [-0.25, -0.2) is 0 Å².